The lowest BCUT2D eigenvalue weighted by Gasteiger charge is -2.34. The molecule has 0 aromatic heterocycles. The van der Waals surface area contributed by atoms with Crippen LogP contribution in [0.4, 0.5) is 0 Å². The molecule has 0 spiro atoms. The van der Waals surface area contributed by atoms with Gasteiger partial charge in [0.2, 0.25) is 0 Å². The average molecular weight is 171 g/mol. The highest BCUT2D eigenvalue weighted by atomic mass is 16.3. The highest BCUT2D eigenvalue weighted by Crippen LogP contribution is 2.23. The number of aliphatic hydroxyl groups is 1. The zero-order chi connectivity index (χ0) is 9.14. The van der Waals surface area contributed by atoms with Gasteiger partial charge >= 0.3 is 0 Å². The average Bonchev–Trinajstić information content (AvgIpc) is 1.94. The van der Waals surface area contributed by atoms with E-state index in [-0.39, 0.29) is 6.10 Å². The molecule has 1 unspecified atom stereocenters. The summed E-state index contributed by atoms with van der Waals surface area (Å²) in [6, 6.07) is 0. The first kappa shape index (κ1) is 10.0. The molecule has 0 saturated carbocycles. The lowest BCUT2D eigenvalue weighted by atomic mass is 9.87. The Balaban J connectivity index is 2.34. The molecule has 1 N–H and O–H groups in total. The van der Waals surface area contributed by atoms with Crippen LogP contribution in [-0.2, 0) is 0 Å². The summed E-state index contributed by atoms with van der Waals surface area (Å²) in [6.45, 7) is 6.46. The van der Waals surface area contributed by atoms with Crippen LogP contribution in [-0.4, -0.2) is 36.2 Å². The Bertz CT molecular complexity index is 136. The van der Waals surface area contributed by atoms with Crippen LogP contribution in [0.25, 0.3) is 0 Å². The van der Waals surface area contributed by atoms with Crippen LogP contribution in [0.2, 0.25) is 0 Å². The largest absolute Gasteiger partial charge is 0.392 e. The quantitative estimate of drug-likeness (QED) is 0.678. The molecule has 1 saturated heterocycles. The molecule has 2 nitrogen and oxygen atoms in total. The van der Waals surface area contributed by atoms with Gasteiger partial charge in [-0.15, -0.1) is 0 Å². The fraction of sp³-hybridized carbons (Fsp3) is 1.00. The van der Waals surface area contributed by atoms with Gasteiger partial charge in [-0.3, -0.25) is 0 Å². The number of rotatable bonds is 2. The Hall–Kier alpha value is -0.0800. The number of piperidine rings is 1. The first-order valence-electron chi connectivity index (χ1n) is 4.96. The van der Waals surface area contributed by atoms with E-state index < -0.39 is 0 Å². The molecule has 2 atom stereocenters. The third-order valence-corrected chi connectivity index (χ3v) is 2.70. The maximum absolute atomic E-state index is 9.75. The van der Waals surface area contributed by atoms with E-state index in [0.29, 0.717) is 11.8 Å². The van der Waals surface area contributed by atoms with Crippen molar-refractivity contribution >= 4 is 0 Å². The molecule has 1 fully saturated rings. The number of likely N-dealkylation sites (N-methyl/N-ethyl adjacent to an activating group) is 1. The number of hydrogen-bond donors (Lipinski definition) is 1. The van der Waals surface area contributed by atoms with Crippen LogP contribution in [0.1, 0.15) is 26.7 Å². The van der Waals surface area contributed by atoms with Crippen LogP contribution in [0.15, 0.2) is 0 Å². The molecule has 0 aliphatic carbocycles. The zero-order valence-corrected chi connectivity index (χ0v) is 8.45. The monoisotopic (exact) mass is 171 g/mol. The Morgan fingerprint density at radius 2 is 2.17 bits per heavy atom. The van der Waals surface area contributed by atoms with Crippen LogP contribution >= 0.6 is 0 Å². The maximum atomic E-state index is 9.75. The molecule has 1 rings (SSSR count). The summed E-state index contributed by atoms with van der Waals surface area (Å²) in [4.78, 5) is 2.21. The van der Waals surface area contributed by atoms with Gasteiger partial charge in [-0.25, -0.2) is 0 Å². The highest BCUT2D eigenvalue weighted by molar-refractivity contribution is 4.78. The van der Waals surface area contributed by atoms with E-state index in [1.807, 2.05) is 0 Å². The predicted octanol–water partition coefficient (Wildman–Crippen LogP) is 1.35. The first-order valence-corrected chi connectivity index (χ1v) is 4.96. The molecule has 0 aromatic rings. The fourth-order valence-corrected chi connectivity index (χ4v) is 2.02. The van der Waals surface area contributed by atoms with Gasteiger partial charge in [0.05, 0.1) is 6.10 Å². The third-order valence-electron chi connectivity index (χ3n) is 2.70. The van der Waals surface area contributed by atoms with Crippen molar-refractivity contribution in [3.8, 4) is 0 Å². The van der Waals surface area contributed by atoms with Crippen molar-refractivity contribution in [3.63, 3.8) is 0 Å². The maximum Gasteiger partial charge on any atom is 0.0695 e. The molecule has 0 radical (unpaired) electrons. The molecule has 0 aromatic carbocycles. The van der Waals surface area contributed by atoms with E-state index in [2.05, 4.69) is 25.8 Å². The van der Waals surface area contributed by atoms with Crippen LogP contribution in [0.3, 0.4) is 0 Å². The second-order valence-electron chi connectivity index (χ2n) is 4.51. The molecular weight excluding hydrogens is 150 g/mol. The van der Waals surface area contributed by atoms with Gasteiger partial charge in [0, 0.05) is 6.54 Å². The Kier molecular flexibility index (Phi) is 3.53. The smallest absolute Gasteiger partial charge is 0.0695 e. The van der Waals surface area contributed by atoms with E-state index in [1.54, 1.807) is 0 Å². The Morgan fingerprint density at radius 3 is 2.67 bits per heavy atom. The summed E-state index contributed by atoms with van der Waals surface area (Å²) < 4.78 is 0. The fourth-order valence-electron chi connectivity index (χ4n) is 2.02. The second-order valence-corrected chi connectivity index (χ2v) is 4.51. The van der Waals surface area contributed by atoms with Crippen molar-refractivity contribution in [2.75, 3.05) is 20.1 Å². The molecule has 0 amide bonds. The summed E-state index contributed by atoms with van der Waals surface area (Å²) >= 11 is 0. The predicted molar refractivity (Wildman–Crippen MR) is 51.1 cm³/mol. The van der Waals surface area contributed by atoms with Gasteiger partial charge in [0.25, 0.3) is 0 Å². The zero-order valence-electron chi connectivity index (χ0n) is 8.45. The first-order chi connectivity index (χ1) is 5.59. The molecule has 1 aliphatic rings. The van der Waals surface area contributed by atoms with Gasteiger partial charge < -0.3 is 10.0 Å². The minimum atomic E-state index is -0.0915. The minimum absolute atomic E-state index is 0.0915. The van der Waals surface area contributed by atoms with Gasteiger partial charge in [-0.1, -0.05) is 13.8 Å². The lowest BCUT2D eigenvalue weighted by molar-refractivity contribution is 0.0236. The van der Waals surface area contributed by atoms with E-state index >= 15 is 0 Å². The molecule has 72 valence electrons. The molecule has 1 aliphatic heterocycles. The summed E-state index contributed by atoms with van der Waals surface area (Å²) in [5.74, 6) is 1.26. The lowest BCUT2D eigenvalue weighted by Crippen LogP contribution is -2.42. The Morgan fingerprint density at radius 1 is 1.50 bits per heavy atom. The highest BCUT2D eigenvalue weighted by Gasteiger charge is 2.25. The SMILES string of the molecule is CC(C)CC1CCN(C)C[C@H]1O. The van der Waals surface area contributed by atoms with Gasteiger partial charge in [0.15, 0.2) is 0 Å². The van der Waals surface area contributed by atoms with Gasteiger partial charge in [0.1, 0.15) is 0 Å². The summed E-state index contributed by atoms with van der Waals surface area (Å²) in [5.41, 5.74) is 0. The van der Waals surface area contributed by atoms with E-state index in [0.717, 1.165) is 19.5 Å². The Labute approximate surface area is 75.6 Å². The summed E-state index contributed by atoms with van der Waals surface area (Å²) in [6.07, 6.45) is 2.25. The number of hydrogen-bond acceptors (Lipinski definition) is 2. The minimum Gasteiger partial charge on any atom is -0.392 e. The number of aliphatic hydroxyl groups excluding tert-OH is 1. The normalized spacial score (nSPS) is 32.8. The molecule has 1 heterocycles. The van der Waals surface area contributed by atoms with Gasteiger partial charge in [-0.2, -0.15) is 0 Å². The van der Waals surface area contributed by atoms with E-state index in [9.17, 15) is 5.11 Å². The standard InChI is InChI=1S/C10H21NO/c1-8(2)6-9-4-5-11(3)7-10(9)12/h8-10,12H,4-7H2,1-3H3/t9?,10-/m1/s1. The summed E-state index contributed by atoms with van der Waals surface area (Å²) in [7, 11) is 2.08. The van der Waals surface area contributed by atoms with Crippen molar-refractivity contribution in [1.29, 1.82) is 0 Å². The number of β-amino-alcohol motifs (C(OH)–C–C–N with tert-alkyl or cyclic N) is 1. The topological polar surface area (TPSA) is 23.5 Å². The number of nitrogens with zero attached hydrogens (tertiary/aromatic N) is 1. The van der Waals surface area contributed by atoms with Crippen molar-refractivity contribution < 1.29 is 5.11 Å². The third kappa shape index (κ3) is 2.76. The van der Waals surface area contributed by atoms with Crippen molar-refractivity contribution in [1.82, 2.24) is 4.90 Å². The molecule has 2 heteroatoms. The number of likely N-dealkylation sites (tertiary alicyclic amines) is 1. The van der Waals surface area contributed by atoms with Gasteiger partial charge in [-0.05, 0) is 38.3 Å². The van der Waals surface area contributed by atoms with Crippen LogP contribution in [0.5, 0.6) is 0 Å². The molecule has 0 bridgehead atoms. The van der Waals surface area contributed by atoms with Crippen molar-refractivity contribution in [2.24, 2.45) is 11.8 Å². The van der Waals surface area contributed by atoms with Crippen LogP contribution in [0, 0.1) is 11.8 Å². The van der Waals surface area contributed by atoms with Crippen molar-refractivity contribution in [3.05, 3.63) is 0 Å². The molecular formula is C10H21NO. The van der Waals surface area contributed by atoms with E-state index in [4.69, 9.17) is 0 Å². The van der Waals surface area contributed by atoms with E-state index in [1.165, 1.54) is 6.42 Å². The summed E-state index contributed by atoms with van der Waals surface area (Å²) in [5, 5.41) is 9.75. The molecule has 12 heavy (non-hydrogen) atoms. The van der Waals surface area contributed by atoms with Crippen molar-refractivity contribution in [2.45, 2.75) is 32.8 Å². The van der Waals surface area contributed by atoms with Crippen LogP contribution < -0.4 is 0 Å². The second kappa shape index (κ2) is 4.24.